The van der Waals surface area contributed by atoms with E-state index in [1.807, 2.05) is 37.3 Å². The number of hydrogen-bond donors (Lipinski definition) is 1. The molecule has 4 heteroatoms. The number of piperazine rings is 1. The molecule has 0 saturated carbocycles. The number of anilines is 2. The van der Waals surface area contributed by atoms with Gasteiger partial charge in [-0.2, -0.15) is 0 Å². The minimum atomic E-state index is 0.0924. The van der Waals surface area contributed by atoms with Gasteiger partial charge in [-0.05, 0) is 30.7 Å². The van der Waals surface area contributed by atoms with Gasteiger partial charge in [-0.25, -0.2) is 0 Å². The summed E-state index contributed by atoms with van der Waals surface area (Å²) in [6.07, 6.45) is 0.541. The van der Waals surface area contributed by atoms with E-state index in [2.05, 4.69) is 39.4 Å². The number of nitrogens with zero attached hydrogens (tertiary/aromatic N) is 2. The number of carbonyl (C=O) groups is 1. The van der Waals surface area contributed by atoms with Crippen LogP contribution >= 0.6 is 0 Å². The zero-order valence-electron chi connectivity index (χ0n) is 14.2. The third-order valence-electron chi connectivity index (χ3n) is 4.57. The molecule has 2 aromatic rings. The Morgan fingerprint density at radius 2 is 1.62 bits per heavy atom. The molecule has 1 aliphatic rings. The zero-order chi connectivity index (χ0) is 16.8. The molecule has 24 heavy (non-hydrogen) atoms. The molecule has 126 valence electrons. The second-order valence-corrected chi connectivity index (χ2v) is 6.28. The highest BCUT2D eigenvalue weighted by molar-refractivity contribution is 5.91. The lowest BCUT2D eigenvalue weighted by Crippen LogP contribution is -2.47. The number of rotatable bonds is 5. The van der Waals surface area contributed by atoms with Crippen molar-refractivity contribution in [3.8, 4) is 0 Å². The van der Waals surface area contributed by atoms with Crippen molar-refractivity contribution >= 4 is 17.3 Å². The van der Waals surface area contributed by atoms with Crippen molar-refractivity contribution in [2.75, 3.05) is 42.9 Å². The summed E-state index contributed by atoms with van der Waals surface area (Å²) in [4.78, 5) is 16.9. The lowest BCUT2D eigenvalue weighted by molar-refractivity contribution is -0.116. The normalized spacial score (nSPS) is 15.3. The molecular formula is C20H25N3O. The van der Waals surface area contributed by atoms with Crippen LogP contribution in [0.5, 0.6) is 0 Å². The van der Waals surface area contributed by atoms with Crippen molar-refractivity contribution in [1.82, 2.24) is 4.90 Å². The summed E-state index contributed by atoms with van der Waals surface area (Å²) >= 11 is 0. The van der Waals surface area contributed by atoms with Crippen LogP contribution in [-0.4, -0.2) is 43.5 Å². The van der Waals surface area contributed by atoms with Gasteiger partial charge in [0.2, 0.25) is 5.91 Å². The van der Waals surface area contributed by atoms with Crippen LogP contribution in [0.15, 0.2) is 54.6 Å². The number of aryl methyl sites for hydroxylation is 1. The van der Waals surface area contributed by atoms with Gasteiger partial charge < -0.3 is 10.2 Å². The Bertz CT molecular complexity index is 664. The fourth-order valence-electron chi connectivity index (χ4n) is 3.05. The first-order valence-corrected chi connectivity index (χ1v) is 8.60. The standard InChI is InChI=1S/C20H25N3O/c1-17-7-5-6-10-19(17)21-20(24)11-12-22-13-15-23(16-14-22)18-8-3-2-4-9-18/h2-10H,11-16H2,1H3,(H,21,24). The Balaban J connectivity index is 1.42. The number of hydrogen-bond acceptors (Lipinski definition) is 3. The van der Waals surface area contributed by atoms with Gasteiger partial charge in [0.05, 0.1) is 0 Å². The highest BCUT2D eigenvalue weighted by Gasteiger charge is 2.17. The maximum atomic E-state index is 12.1. The van der Waals surface area contributed by atoms with Gasteiger partial charge in [0.15, 0.2) is 0 Å². The molecule has 0 aliphatic carbocycles. The molecule has 0 unspecified atom stereocenters. The van der Waals surface area contributed by atoms with E-state index in [1.165, 1.54) is 5.69 Å². The molecule has 0 aromatic heterocycles. The summed E-state index contributed by atoms with van der Waals surface area (Å²) in [7, 11) is 0. The lowest BCUT2D eigenvalue weighted by atomic mass is 10.2. The largest absolute Gasteiger partial charge is 0.369 e. The fourth-order valence-corrected chi connectivity index (χ4v) is 3.05. The van der Waals surface area contributed by atoms with Crippen molar-refractivity contribution in [2.24, 2.45) is 0 Å². The second kappa shape index (κ2) is 7.97. The van der Waals surface area contributed by atoms with Gasteiger partial charge in [-0.3, -0.25) is 9.69 Å². The van der Waals surface area contributed by atoms with Crippen molar-refractivity contribution < 1.29 is 4.79 Å². The Kier molecular flexibility index (Phi) is 5.49. The van der Waals surface area contributed by atoms with Crippen LogP contribution in [0.1, 0.15) is 12.0 Å². The Hall–Kier alpha value is -2.33. The third kappa shape index (κ3) is 4.36. The van der Waals surface area contributed by atoms with Crippen LogP contribution in [-0.2, 0) is 4.79 Å². The van der Waals surface area contributed by atoms with Crippen LogP contribution in [0, 0.1) is 6.92 Å². The second-order valence-electron chi connectivity index (χ2n) is 6.28. The van der Waals surface area contributed by atoms with E-state index >= 15 is 0 Å². The molecule has 3 rings (SSSR count). The van der Waals surface area contributed by atoms with E-state index in [1.54, 1.807) is 0 Å². The van der Waals surface area contributed by atoms with Crippen LogP contribution < -0.4 is 10.2 Å². The summed E-state index contributed by atoms with van der Waals surface area (Å²) in [5.74, 6) is 0.0924. The summed E-state index contributed by atoms with van der Waals surface area (Å²) in [6, 6.07) is 18.4. The number of amides is 1. The molecule has 1 amide bonds. The predicted molar refractivity (Wildman–Crippen MR) is 99.5 cm³/mol. The molecule has 0 atom stereocenters. The maximum Gasteiger partial charge on any atom is 0.225 e. The summed E-state index contributed by atoms with van der Waals surface area (Å²) in [5.41, 5.74) is 3.30. The summed E-state index contributed by atoms with van der Waals surface area (Å²) in [6.45, 7) is 6.88. The van der Waals surface area contributed by atoms with E-state index in [-0.39, 0.29) is 5.91 Å². The number of carbonyl (C=O) groups excluding carboxylic acids is 1. The monoisotopic (exact) mass is 323 g/mol. The first kappa shape index (κ1) is 16.5. The molecule has 0 bridgehead atoms. The molecule has 1 heterocycles. The Morgan fingerprint density at radius 1 is 0.958 bits per heavy atom. The van der Waals surface area contributed by atoms with Gasteiger partial charge in [0, 0.05) is 50.5 Å². The van der Waals surface area contributed by atoms with Crippen LogP contribution in [0.25, 0.3) is 0 Å². The first-order valence-electron chi connectivity index (χ1n) is 8.60. The van der Waals surface area contributed by atoms with Crippen LogP contribution in [0.4, 0.5) is 11.4 Å². The SMILES string of the molecule is Cc1ccccc1NC(=O)CCN1CCN(c2ccccc2)CC1. The third-order valence-corrected chi connectivity index (χ3v) is 4.57. The van der Waals surface area contributed by atoms with Gasteiger partial charge in [0.1, 0.15) is 0 Å². The number of nitrogens with one attached hydrogen (secondary N) is 1. The van der Waals surface area contributed by atoms with Gasteiger partial charge >= 0.3 is 0 Å². The zero-order valence-corrected chi connectivity index (χ0v) is 14.2. The van der Waals surface area contributed by atoms with Crippen LogP contribution in [0.2, 0.25) is 0 Å². The molecule has 0 radical (unpaired) electrons. The highest BCUT2D eigenvalue weighted by Crippen LogP contribution is 2.16. The van der Waals surface area contributed by atoms with Crippen LogP contribution in [0.3, 0.4) is 0 Å². The fraction of sp³-hybridized carbons (Fsp3) is 0.350. The van der Waals surface area contributed by atoms with Gasteiger partial charge in [-0.15, -0.1) is 0 Å². The number of para-hydroxylation sites is 2. The van der Waals surface area contributed by atoms with Crippen molar-refractivity contribution in [3.05, 3.63) is 60.2 Å². The molecule has 1 N–H and O–H groups in total. The molecule has 2 aromatic carbocycles. The van der Waals surface area contributed by atoms with E-state index < -0.39 is 0 Å². The van der Waals surface area contributed by atoms with Crippen molar-refractivity contribution in [1.29, 1.82) is 0 Å². The quantitative estimate of drug-likeness (QED) is 0.918. The summed E-state index contributed by atoms with van der Waals surface area (Å²) < 4.78 is 0. The average Bonchev–Trinajstić information content (AvgIpc) is 2.63. The van der Waals surface area contributed by atoms with Crippen molar-refractivity contribution in [2.45, 2.75) is 13.3 Å². The molecule has 1 aliphatic heterocycles. The van der Waals surface area contributed by atoms with E-state index in [4.69, 9.17) is 0 Å². The van der Waals surface area contributed by atoms with E-state index in [0.717, 1.165) is 44.0 Å². The van der Waals surface area contributed by atoms with E-state index in [9.17, 15) is 4.79 Å². The Labute approximate surface area is 144 Å². The molecule has 1 saturated heterocycles. The maximum absolute atomic E-state index is 12.1. The minimum Gasteiger partial charge on any atom is -0.369 e. The van der Waals surface area contributed by atoms with E-state index in [0.29, 0.717) is 6.42 Å². The minimum absolute atomic E-state index is 0.0924. The highest BCUT2D eigenvalue weighted by atomic mass is 16.1. The topological polar surface area (TPSA) is 35.6 Å². The van der Waals surface area contributed by atoms with Gasteiger partial charge in [0.25, 0.3) is 0 Å². The lowest BCUT2D eigenvalue weighted by Gasteiger charge is -2.36. The average molecular weight is 323 g/mol. The molecule has 1 fully saturated rings. The molecule has 4 nitrogen and oxygen atoms in total. The number of benzene rings is 2. The molecule has 0 spiro atoms. The smallest absolute Gasteiger partial charge is 0.225 e. The molecular weight excluding hydrogens is 298 g/mol. The Morgan fingerprint density at radius 3 is 2.33 bits per heavy atom. The van der Waals surface area contributed by atoms with Gasteiger partial charge in [-0.1, -0.05) is 36.4 Å². The first-order chi connectivity index (χ1) is 11.7. The van der Waals surface area contributed by atoms with Crippen molar-refractivity contribution in [3.63, 3.8) is 0 Å². The summed E-state index contributed by atoms with van der Waals surface area (Å²) in [5, 5.41) is 3.01. The predicted octanol–water partition coefficient (Wildman–Crippen LogP) is 3.15.